The molecular formula is C32H49N5O6S. The summed E-state index contributed by atoms with van der Waals surface area (Å²) >= 11 is 1.20. The lowest BCUT2D eigenvalue weighted by atomic mass is 9.95. The van der Waals surface area contributed by atoms with E-state index in [1.807, 2.05) is 32.9 Å². The number of nitrogens with two attached hydrogens (primary N) is 1. The number of carbonyl (C=O) groups is 4. The van der Waals surface area contributed by atoms with Gasteiger partial charge in [0.2, 0.25) is 5.91 Å². The molecule has 0 spiro atoms. The second-order valence-corrected chi connectivity index (χ2v) is 13.1. The van der Waals surface area contributed by atoms with Gasteiger partial charge in [-0.25, -0.2) is 9.78 Å². The molecule has 0 aliphatic rings. The van der Waals surface area contributed by atoms with Gasteiger partial charge in [0.05, 0.1) is 5.92 Å². The number of nitrogens with zero attached hydrogens (tertiary/aromatic N) is 3. The van der Waals surface area contributed by atoms with E-state index in [0.29, 0.717) is 30.0 Å². The predicted molar refractivity (Wildman–Crippen MR) is 172 cm³/mol. The number of carbonyl (C=O) groups excluding carboxylic acids is 3. The SMILES string of the molecule is CC[C@H](C)CC(=O)N(C)[C@H](C[C@@H](OC(=O)N(C)C)c1nc(C(=O)N[C@@H](Cc2ccc(N)cc2)C[C@H](C)C(=O)O)cs1)C(C)C. The quantitative estimate of drug-likeness (QED) is 0.213. The summed E-state index contributed by atoms with van der Waals surface area (Å²) in [6.07, 6.45) is 0.922. The predicted octanol–water partition coefficient (Wildman–Crippen LogP) is 5.23. The molecule has 4 N–H and O–H groups in total. The van der Waals surface area contributed by atoms with Gasteiger partial charge in [0.25, 0.3) is 5.91 Å². The lowest BCUT2D eigenvalue weighted by molar-refractivity contribution is -0.141. The highest BCUT2D eigenvalue weighted by molar-refractivity contribution is 7.09. The van der Waals surface area contributed by atoms with Gasteiger partial charge in [-0.05, 0) is 42.4 Å². The first-order valence-corrected chi connectivity index (χ1v) is 16.0. The van der Waals surface area contributed by atoms with E-state index in [9.17, 15) is 24.3 Å². The lowest BCUT2D eigenvalue weighted by Crippen LogP contribution is -2.42. The molecule has 44 heavy (non-hydrogen) atoms. The first-order chi connectivity index (χ1) is 20.6. The van der Waals surface area contributed by atoms with Crippen LogP contribution in [0.5, 0.6) is 0 Å². The average Bonchev–Trinajstić information content (AvgIpc) is 3.46. The number of rotatable bonds is 16. The molecule has 11 nitrogen and oxygen atoms in total. The van der Waals surface area contributed by atoms with Crippen LogP contribution in [0, 0.1) is 17.8 Å². The largest absolute Gasteiger partial charge is 0.481 e. The second-order valence-electron chi connectivity index (χ2n) is 12.2. The number of aromatic nitrogens is 1. The van der Waals surface area contributed by atoms with Gasteiger partial charge < -0.3 is 30.7 Å². The van der Waals surface area contributed by atoms with Crippen LogP contribution in [-0.2, 0) is 20.7 Å². The Bertz CT molecular complexity index is 1250. The van der Waals surface area contributed by atoms with E-state index in [2.05, 4.69) is 17.2 Å². The molecule has 0 unspecified atom stereocenters. The minimum absolute atomic E-state index is 0.0256. The van der Waals surface area contributed by atoms with Crippen molar-refractivity contribution in [2.24, 2.45) is 17.8 Å². The summed E-state index contributed by atoms with van der Waals surface area (Å²) < 4.78 is 5.84. The van der Waals surface area contributed by atoms with Crippen molar-refractivity contribution in [1.82, 2.24) is 20.1 Å². The van der Waals surface area contributed by atoms with E-state index in [1.165, 1.54) is 16.2 Å². The third-order valence-corrected chi connectivity index (χ3v) is 8.77. The highest BCUT2D eigenvalue weighted by atomic mass is 32.1. The fraction of sp³-hybridized carbons (Fsp3) is 0.594. The topological polar surface area (TPSA) is 155 Å². The Labute approximate surface area is 265 Å². The number of nitrogens with one attached hydrogen (secondary N) is 1. The van der Waals surface area contributed by atoms with E-state index in [-0.39, 0.29) is 35.9 Å². The van der Waals surface area contributed by atoms with E-state index < -0.39 is 36.0 Å². The average molecular weight is 632 g/mol. The Balaban J connectivity index is 2.31. The van der Waals surface area contributed by atoms with Crippen molar-refractivity contribution in [2.45, 2.75) is 84.9 Å². The number of amides is 3. The summed E-state index contributed by atoms with van der Waals surface area (Å²) in [5.74, 6) is -1.74. The monoisotopic (exact) mass is 631 g/mol. The van der Waals surface area contributed by atoms with Gasteiger partial charge in [0.15, 0.2) is 6.10 Å². The third-order valence-electron chi connectivity index (χ3n) is 7.83. The maximum atomic E-state index is 13.4. The van der Waals surface area contributed by atoms with Gasteiger partial charge in [0.1, 0.15) is 10.7 Å². The molecule has 0 bridgehead atoms. The van der Waals surface area contributed by atoms with Crippen molar-refractivity contribution in [1.29, 1.82) is 0 Å². The molecule has 1 aromatic carbocycles. The Morgan fingerprint density at radius 1 is 1.05 bits per heavy atom. The Kier molecular flexibility index (Phi) is 14.1. The van der Waals surface area contributed by atoms with Crippen LogP contribution in [0.15, 0.2) is 29.6 Å². The molecule has 1 heterocycles. The van der Waals surface area contributed by atoms with E-state index in [1.54, 1.807) is 50.5 Å². The molecule has 2 aromatic rings. The minimum Gasteiger partial charge on any atom is -0.481 e. The summed E-state index contributed by atoms with van der Waals surface area (Å²) in [5.41, 5.74) is 7.46. The van der Waals surface area contributed by atoms with Crippen molar-refractivity contribution < 1.29 is 29.0 Å². The molecular weight excluding hydrogens is 582 g/mol. The van der Waals surface area contributed by atoms with Crippen molar-refractivity contribution in [3.63, 3.8) is 0 Å². The Hall–Kier alpha value is -3.67. The van der Waals surface area contributed by atoms with Crippen LogP contribution in [0.3, 0.4) is 0 Å². The highest BCUT2D eigenvalue weighted by Gasteiger charge is 2.32. The zero-order valence-electron chi connectivity index (χ0n) is 27.2. The van der Waals surface area contributed by atoms with Crippen molar-refractivity contribution >= 4 is 40.9 Å². The number of hydrogen-bond acceptors (Lipinski definition) is 8. The third kappa shape index (κ3) is 11.1. The fourth-order valence-corrected chi connectivity index (χ4v) is 5.59. The number of nitrogen functional groups attached to an aromatic ring is 1. The summed E-state index contributed by atoms with van der Waals surface area (Å²) in [7, 11) is 4.95. The van der Waals surface area contributed by atoms with Crippen LogP contribution in [0.4, 0.5) is 10.5 Å². The zero-order chi connectivity index (χ0) is 33.1. The van der Waals surface area contributed by atoms with Gasteiger partial charge in [-0.2, -0.15) is 0 Å². The molecule has 244 valence electrons. The molecule has 0 saturated heterocycles. The maximum absolute atomic E-state index is 13.4. The molecule has 12 heteroatoms. The summed E-state index contributed by atoms with van der Waals surface area (Å²) in [5, 5.41) is 14.5. The van der Waals surface area contributed by atoms with Gasteiger partial charge in [-0.3, -0.25) is 14.4 Å². The van der Waals surface area contributed by atoms with Gasteiger partial charge in [-0.15, -0.1) is 11.3 Å². The van der Waals surface area contributed by atoms with Crippen molar-refractivity contribution in [3.8, 4) is 0 Å². The van der Waals surface area contributed by atoms with Crippen LogP contribution in [0.25, 0.3) is 0 Å². The number of benzene rings is 1. The molecule has 0 fully saturated rings. The summed E-state index contributed by atoms with van der Waals surface area (Å²) in [6.45, 7) is 9.73. The number of thiazole rings is 1. The zero-order valence-corrected chi connectivity index (χ0v) is 28.0. The smallest absolute Gasteiger partial charge is 0.409 e. The molecule has 0 saturated carbocycles. The van der Waals surface area contributed by atoms with Gasteiger partial charge >= 0.3 is 12.1 Å². The molecule has 1 aromatic heterocycles. The number of anilines is 1. The molecule has 0 aliphatic carbocycles. The number of carboxylic acids is 1. The van der Waals surface area contributed by atoms with Crippen LogP contribution < -0.4 is 11.1 Å². The molecule has 5 atom stereocenters. The van der Waals surface area contributed by atoms with Crippen molar-refractivity contribution in [3.05, 3.63) is 45.9 Å². The lowest BCUT2D eigenvalue weighted by Gasteiger charge is -2.34. The Morgan fingerprint density at radius 2 is 1.68 bits per heavy atom. The van der Waals surface area contributed by atoms with E-state index in [0.717, 1.165) is 12.0 Å². The second kappa shape index (κ2) is 17.0. The summed E-state index contributed by atoms with van der Waals surface area (Å²) in [6, 6.07) is 6.50. The summed E-state index contributed by atoms with van der Waals surface area (Å²) in [4.78, 5) is 58.3. The molecule has 0 aliphatic heterocycles. The standard InChI is InChI=1S/C32H49N5O6S/c1-9-20(4)14-28(38)37(8)26(19(2)3)17-27(43-32(42)36(6)7)30-35-25(18-44-30)29(39)34-24(15-21(5)31(40)41)16-22-10-12-23(33)13-11-22/h10-13,18-21,24,26-27H,9,14-17,33H2,1-8H3,(H,34,39)(H,40,41)/t20-,21-,24+,26+,27+/m0/s1. The maximum Gasteiger partial charge on any atom is 0.409 e. The molecule has 0 radical (unpaired) electrons. The number of ether oxygens (including phenoxy) is 1. The molecule has 2 rings (SSSR count). The van der Waals surface area contributed by atoms with Crippen LogP contribution in [0.2, 0.25) is 0 Å². The van der Waals surface area contributed by atoms with Crippen LogP contribution in [0.1, 0.15) is 87.5 Å². The number of carboxylic acid groups (broad SMARTS) is 1. The molecule has 3 amide bonds. The number of aliphatic carboxylic acids is 1. The van der Waals surface area contributed by atoms with Crippen LogP contribution in [-0.4, -0.2) is 77.0 Å². The Morgan fingerprint density at radius 3 is 2.23 bits per heavy atom. The van der Waals surface area contributed by atoms with Crippen molar-refractivity contribution in [2.75, 3.05) is 26.9 Å². The van der Waals surface area contributed by atoms with E-state index >= 15 is 0 Å². The first-order valence-electron chi connectivity index (χ1n) is 15.1. The van der Waals surface area contributed by atoms with Gasteiger partial charge in [-0.1, -0.05) is 53.2 Å². The fourth-order valence-electron chi connectivity index (χ4n) is 4.75. The minimum atomic E-state index is -0.949. The number of hydrogen-bond donors (Lipinski definition) is 3. The normalized spacial score (nSPS) is 14.7. The first kappa shape index (κ1) is 36.5. The van der Waals surface area contributed by atoms with Gasteiger partial charge in [0, 0.05) is 57.1 Å². The van der Waals surface area contributed by atoms with E-state index in [4.69, 9.17) is 10.5 Å². The van der Waals surface area contributed by atoms with Crippen LogP contribution >= 0.6 is 11.3 Å². The highest BCUT2D eigenvalue weighted by Crippen LogP contribution is 2.31.